The van der Waals surface area contributed by atoms with Crippen LogP contribution in [0.1, 0.15) is 27.7 Å². The molecule has 0 aliphatic rings. The maximum absolute atomic E-state index is 11.9. The monoisotopic (exact) mass is 256 g/mol. The summed E-state index contributed by atoms with van der Waals surface area (Å²) in [6.07, 6.45) is 1.72. The Morgan fingerprint density at radius 2 is 1.89 bits per heavy atom. The summed E-state index contributed by atoms with van der Waals surface area (Å²) in [5.41, 5.74) is 0.535. The molecule has 0 aliphatic carbocycles. The van der Waals surface area contributed by atoms with Gasteiger partial charge in [-0.3, -0.25) is 4.79 Å². The second-order valence-electron chi connectivity index (χ2n) is 4.02. The lowest BCUT2D eigenvalue weighted by Crippen LogP contribution is -2.44. The number of methoxy groups -OCH3 is 1. The molecular formula is C13H24N2O3. The lowest BCUT2D eigenvalue weighted by Gasteiger charge is -2.23. The molecule has 5 heteroatoms. The number of carbonyl (C=O) groups excluding carboxylic acids is 2. The Morgan fingerprint density at radius 3 is 2.33 bits per heavy atom. The number of rotatable bonds is 7. The quantitative estimate of drug-likeness (QED) is 0.544. The molecule has 0 bridgehead atoms. The van der Waals surface area contributed by atoms with E-state index < -0.39 is 0 Å². The Morgan fingerprint density at radius 1 is 1.33 bits per heavy atom. The summed E-state index contributed by atoms with van der Waals surface area (Å²) in [5, 5.41) is 3.07. The highest BCUT2D eigenvalue weighted by molar-refractivity contribution is 5.87. The predicted octanol–water partition coefficient (Wildman–Crippen LogP) is 0.952. The van der Waals surface area contributed by atoms with E-state index in [2.05, 4.69) is 10.1 Å². The highest BCUT2D eigenvalue weighted by atomic mass is 16.5. The van der Waals surface area contributed by atoms with Crippen LogP contribution in [-0.4, -0.2) is 49.6 Å². The average molecular weight is 256 g/mol. The van der Waals surface area contributed by atoms with Gasteiger partial charge in [0.05, 0.1) is 13.2 Å². The first kappa shape index (κ1) is 16.6. The van der Waals surface area contributed by atoms with Crippen molar-refractivity contribution in [3.63, 3.8) is 0 Å². The first-order chi connectivity index (χ1) is 8.47. The van der Waals surface area contributed by atoms with Gasteiger partial charge in [0.25, 0.3) is 0 Å². The molecule has 0 aromatic carbocycles. The lowest BCUT2D eigenvalue weighted by atomic mass is 10.2. The number of amides is 1. The molecule has 0 saturated carbocycles. The molecule has 0 aromatic heterocycles. The van der Waals surface area contributed by atoms with Crippen LogP contribution in [0, 0.1) is 0 Å². The van der Waals surface area contributed by atoms with Crippen LogP contribution < -0.4 is 5.32 Å². The minimum Gasteiger partial charge on any atom is -0.466 e. The molecule has 1 atom stereocenters. The molecule has 0 fully saturated rings. The molecule has 0 saturated heterocycles. The van der Waals surface area contributed by atoms with Crippen LogP contribution in [0.3, 0.4) is 0 Å². The van der Waals surface area contributed by atoms with Crippen LogP contribution >= 0.6 is 0 Å². The van der Waals surface area contributed by atoms with Gasteiger partial charge in [-0.25, -0.2) is 4.79 Å². The van der Waals surface area contributed by atoms with Crippen LogP contribution in [0.25, 0.3) is 0 Å². The van der Waals surface area contributed by atoms with E-state index >= 15 is 0 Å². The number of esters is 1. The number of nitrogens with zero attached hydrogens (tertiary/aromatic N) is 1. The summed E-state index contributed by atoms with van der Waals surface area (Å²) in [5.74, 6) is -0.274. The molecule has 5 nitrogen and oxygen atoms in total. The van der Waals surface area contributed by atoms with Gasteiger partial charge >= 0.3 is 5.97 Å². The number of hydrogen-bond donors (Lipinski definition) is 1. The van der Waals surface area contributed by atoms with Crippen molar-refractivity contribution in [1.29, 1.82) is 0 Å². The van der Waals surface area contributed by atoms with Gasteiger partial charge < -0.3 is 15.0 Å². The van der Waals surface area contributed by atoms with Crippen molar-refractivity contribution in [3.8, 4) is 0 Å². The first-order valence-corrected chi connectivity index (χ1v) is 6.25. The average Bonchev–Trinajstić information content (AvgIpc) is 2.38. The Balaban J connectivity index is 4.22. The van der Waals surface area contributed by atoms with E-state index in [9.17, 15) is 9.59 Å². The minimum absolute atomic E-state index is 0.0733. The van der Waals surface area contributed by atoms with Crippen LogP contribution in [0.5, 0.6) is 0 Å². The van der Waals surface area contributed by atoms with Crippen molar-refractivity contribution in [2.24, 2.45) is 0 Å². The summed E-state index contributed by atoms with van der Waals surface area (Å²) in [6.45, 7) is 9.29. The van der Waals surface area contributed by atoms with Crippen LogP contribution in [0.2, 0.25) is 0 Å². The molecule has 104 valence electrons. The highest BCUT2D eigenvalue weighted by Gasteiger charge is 2.16. The second-order valence-corrected chi connectivity index (χ2v) is 4.02. The molecule has 1 amide bonds. The Kier molecular flexibility index (Phi) is 8.03. The standard InChI is InChI=1S/C13H24N2O3/c1-6-15(7-2)12(16)11(4)14-9-8-10(3)13(17)18-5/h8,11,14H,6-7,9H2,1-5H3/b10-8-. The van der Waals surface area contributed by atoms with Crippen LogP contribution in [0.15, 0.2) is 11.6 Å². The number of nitrogens with one attached hydrogen (secondary N) is 1. The Labute approximate surface area is 109 Å². The highest BCUT2D eigenvalue weighted by Crippen LogP contribution is 1.97. The van der Waals surface area contributed by atoms with Crippen LogP contribution in [0.4, 0.5) is 0 Å². The summed E-state index contributed by atoms with van der Waals surface area (Å²) in [4.78, 5) is 24.8. The fraction of sp³-hybridized carbons (Fsp3) is 0.692. The van der Waals surface area contributed by atoms with Crippen molar-refractivity contribution >= 4 is 11.9 Å². The van der Waals surface area contributed by atoms with Gasteiger partial charge in [0.1, 0.15) is 0 Å². The Bertz CT molecular complexity index is 309. The normalized spacial score (nSPS) is 13.1. The zero-order valence-electron chi connectivity index (χ0n) is 11.9. The largest absolute Gasteiger partial charge is 0.466 e. The third-order valence-corrected chi connectivity index (χ3v) is 2.79. The maximum Gasteiger partial charge on any atom is 0.333 e. The van der Waals surface area contributed by atoms with Crippen molar-refractivity contribution < 1.29 is 14.3 Å². The smallest absolute Gasteiger partial charge is 0.333 e. The second kappa shape index (κ2) is 8.69. The molecule has 0 aliphatic heterocycles. The summed E-state index contributed by atoms with van der Waals surface area (Å²) >= 11 is 0. The van der Waals surface area contributed by atoms with E-state index in [-0.39, 0.29) is 17.9 Å². The molecule has 0 spiro atoms. The number of likely N-dealkylation sites (N-methyl/N-ethyl adjacent to an activating group) is 1. The maximum atomic E-state index is 11.9. The molecule has 18 heavy (non-hydrogen) atoms. The fourth-order valence-corrected chi connectivity index (χ4v) is 1.53. The molecule has 0 aromatic rings. The summed E-state index contributed by atoms with van der Waals surface area (Å²) in [7, 11) is 1.35. The first-order valence-electron chi connectivity index (χ1n) is 6.25. The molecule has 1 N–H and O–H groups in total. The third-order valence-electron chi connectivity index (χ3n) is 2.79. The number of ether oxygens (including phenoxy) is 1. The minimum atomic E-state index is -0.348. The van der Waals surface area contributed by atoms with Gasteiger partial charge in [0.15, 0.2) is 0 Å². The molecule has 0 radical (unpaired) electrons. The van der Waals surface area contributed by atoms with E-state index in [4.69, 9.17) is 0 Å². The third kappa shape index (κ3) is 5.31. The molecule has 0 rings (SSSR count). The zero-order chi connectivity index (χ0) is 14.1. The van der Waals surface area contributed by atoms with E-state index in [0.717, 1.165) is 0 Å². The lowest BCUT2D eigenvalue weighted by molar-refractivity contribution is -0.136. The van der Waals surface area contributed by atoms with Crippen molar-refractivity contribution in [3.05, 3.63) is 11.6 Å². The van der Waals surface area contributed by atoms with E-state index in [1.165, 1.54) is 7.11 Å². The molecule has 0 heterocycles. The van der Waals surface area contributed by atoms with Gasteiger partial charge in [-0.05, 0) is 27.7 Å². The summed E-state index contributed by atoms with van der Waals surface area (Å²) < 4.78 is 4.58. The topological polar surface area (TPSA) is 58.6 Å². The number of hydrogen-bond acceptors (Lipinski definition) is 4. The van der Waals surface area contributed by atoms with E-state index in [1.54, 1.807) is 17.9 Å². The van der Waals surface area contributed by atoms with Crippen molar-refractivity contribution in [1.82, 2.24) is 10.2 Å². The van der Waals surface area contributed by atoms with E-state index in [1.807, 2.05) is 20.8 Å². The molecule has 1 unspecified atom stereocenters. The van der Waals surface area contributed by atoms with Gasteiger partial charge in [-0.15, -0.1) is 0 Å². The van der Waals surface area contributed by atoms with Crippen molar-refractivity contribution in [2.75, 3.05) is 26.7 Å². The van der Waals surface area contributed by atoms with Crippen molar-refractivity contribution in [2.45, 2.75) is 33.7 Å². The van der Waals surface area contributed by atoms with E-state index in [0.29, 0.717) is 25.2 Å². The predicted molar refractivity (Wildman–Crippen MR) is 71.2 cm³/mol. The zero-order valence-corrected chi connectivity index (χ0v) is 11.9. The number of carbonyl (C=O) groups is 2. The van der Waals surface area contributed by atoms with Gasteiger partial charge in [-0.2, -0.15) is 0 Å². The molecular weight excluding hydrogens is 232 g/mol. The fourth-order valence-electron chi connectivity index (χ4n) is 1.53. The SMILES string of the molecule is CCN(CC)C(=O)C(C)NC/C=C(/C)C(=O)OC. The van der Waals surface area contributed by atoms with Gasteiger partial charge in [-0.1, -0.05) is 6.08 Å². The summed E-state index contributed by atoms with van der Waals surface area (Å²) in [6, 6.07) is -0.258. The van der Waals surface area contributed by atoms with Gasteiger partial charge in [0.2, 0.25) is 5.91 Å². The van der Waals surface area contributed by atoms with Crippen LogP contribution in [-0.2, 0) is 14.3 Å². The van der Waals surface area contributed by atoms with Gasteiger partial charge in [0, 0.05) is 25.2 Å². The Hall–Kier alpha value is -1.36.